The van der Waals surface area contributed by atoms with Crippen LogP contribution in [0.4, 0.5) is 18.9 Å². The summed E-state index contributed by atoms with van der Waals surface area (Å²) in [5.41, 5.74) is -0.688. The number of fused-ring (bicyclic) bond motifs is 2. The number of halogens is 3. The van der Waals surface area contributed by atoms with Gasteiger partial charge in [-0.1, -0.05) is 24.6 Å². The molecule has 150 valence electrons. The Kier molecular flexibility index (Phi) is 5.16. The van der Waals surface area contributed by atoms with E-state index in [9.17, 15) is 22.8 Å². The summed E-state index contributed by atoms with van der Waals surface area (Å²) in [6.07, 6.45) is 3.47. The van der Waals surface area contributed by atoms with E-state index in [0.717, 1.165) is 56.0 Å². The summed E-state index contributed by atoms with van der Waals surface area (Å²) in [5, 5.41) is 2.49. The second kappa shape index (κ2) is 7.46. The van der Waals surface area contributed by atoms with Crippen molar-refractivity contribution in [3.63, 3.8) is 0 Å². The Labute approximate surface area is 165 Å². The molecule has 1 aromatic rings. The summed E-state index contributed by atoms with van der Waals surface area (Å²) in [6.45, 7) is 0.696. The maximum atomic E-state index is 12.9. The first-order valence-corrected chi connectivity index (χ1v) is 10.4. The number of anilines is 1. The van der Waals surface area contributed by atoms with Gasteiger partial charge in [-0.25, -0.2) is 0 Å². The number of carbonyl (C=O) groups excluding carboxylic acids is 2. The van der Waals surface area contributed by atoms with Crippen molar-refractivity contribution in [2.24, 2.45) is 5.92 Å². The second-order valence-electron chi connectivity index (χ2n) is 7.56. The maximum Gasteiger partial charge on any atom is 0.416 e. The van der Waals surface area contributed by atoms with E-state index >= 15 is 0 Å². The van der Waals surface area contributed by atoms with Gasteiger partial charge in [0, 0.05) is 23.6 Å². The zero-order valence-electron chi connectivity index (χ0n) is 15.2. The van der Waals surface area contributed by atoms with Crippen LogP contribution in [-0.2, 0) is 15.8 Å². The van der Waals surface area contributed by atoms with E-state index in [1.165, 1.54) is 18.6 Å². The van der Waals surface area contributed by atoms with Crippen molar-refractivity contribution in [1.82, 2.24) is 4.90 Å². The lowest BCUT2D eigenvalue weighted by molar-refractivity contribution is -0.137. The molecule has 2 heterocycles. The van der Waals surface area contributed by atoms with Gasteiger partial charge in [-0.05, 0) is 49.8 Å². The molecule has 1 saturated carbocycles. The third-order valence-electron chi connectivity index (χ3n) is 5.78. The lowest BCUT2D eigenvalue weighted by Crippen LogP contribution is -2.49. The Hall–Kier alpha value is -1.96. The normalized spacial score (nSPS) is 26.5. The average molecular weight is 410 g/mol. The number of piperidine rings is 1. The van der Waals surface area contributed by atoms with Gasteiger partial charge in [0.25, 0.3) is 5.91 Å². The Bertz CT molecular complexity index is 835. The first-order valence-electron chi connectivity index (χ1n) is 9.55. The van der Waals surface area contributed by atoms with Gasteiger partial charge in [0.1, 0.15) is 0 Å². The van der Waals surface area contributed by atoms with Crippen LogP contribution >= 0.6 is 11.8 Å². The standard InChI is InChI=1S/C20H21F3N2O2S/c21-20(22,23)13-7-8-16-14(10-13)24-19(27)17(28-16)11-18(26)25-9-3-5-12-4-1-2-6-15(12)25/h7-8,10-12,15H,1-6,9H2,(H,24,27). The first kappa shape index (κ1) is 19.4. The molecule has 2 amide bonds. The number of carbonyl (C=O) groups is 2. The topological polar surface area (TPSA) is 49.4 Å². The summed E-state index contributed by atoms with van der Waals surface area (Å²) in [4.78, 5) is 27.8. The molecule has 0 bridgehead atoms. The van der Waals surface area contributed by atoms with Gasteiger partial charge in [-0.15, -0.1) is 0 Å². The number of alkyl halides is 3. The van der Waals surface area contributed by atoms with Crippen LogP contribution in [0.1, 0.15) is 44.1 Å². The smallest absolute Gasteiger partial charge is 0.336 e. The SMILES string of the molecule is O=C1Nc2cc(C(F)(F)F)ccc2SC1=CC(=O)N1CCCC2CCCCC21. The molecule has 4 nitrogen and oxygen atoms in total. The van der Waals surface area contributed by atoms with Gasteiger partial charge in [-0.3, -0.25) is 9.59 Å². The van der Waals surface area contributed by atoms with Crippen molar-refractivity contribution in [2.75, 3.05) is 11.9 Å². The molecule has 1 N–H and O–H groups in total. The summed E-state index contributed by atoms with van der Waals surface area (Å²) in [7, 11) is 0. The summed E-state index contributed by atoms with van der Waals surface area (Å²) in [6, 6.07) is 3.49. The van der Waals surface area contributed by atoms with Gasteiger partial charge in [-0.2, -0.15) is 13.2 Å². The molecule has 0 aromatic heterocycles. The number of hydrogen-bond donors (Lipinski definition) is 1. The van der Waals surface area contributed by atoms with Crippen LogP contribution in [0.15, 0.2) is 34.1 Å². The van der Waals surface area contributed by atoms with Gasteiger partial charge in [0.05, 0.1) is 16.2 Å². The molecule has 8 heteroatoms. The molecule has 0 radical (unpaired) electrons. The van der Waals surface area contributed by atoms with Gasteiger partial charge in [0.15, 0.2) is 0 Å². The van der Waals surface area contributed by atoms with Crippen LogP contribution in [0.5, 0.6) is 0 Å². The fraction of sp³-hybridized carbons (Fsp3) is 0.500. The molecule has 0 spiro atoms. The number of nitrogens with zero attached hydrogens (tertiary/aromatic N) is 1. The van der Waals surface area contributed by atoms with E-state index in [2.05, 4.69) is 5.32 Å². The Balaban J connectivity index is 1.54. The van der Waals surface area contributed by atoms with Crippen LogP contribution < -0.4 is 5.32 Å². The summed E-state index contributed by atoms with van der Waals surface area (Å²) >= 11 is 1.04. The molecule has 2 atom stereocenters. The molecule has 2 aliphatic heterocycles. The van der Waals surface area contributed by atoms with Crippen molar-refractivity contribution in [1.29, 1.82) is 0 Å². The molecule has 2 fully saturated rings. The summed E-state index contributed by atoms with van der Waals surface area (Å²) in [5.74, 6) is -0.175. The first-order chi connectivity index (χ1) is 13.3. The van der Waals surface area contributed by atoms with Crippen LogP contribution in [0.25, 0.3) is 0 Å². The monoisotopic (exact) mass is 410 g/mol. The number of benzene rings is 1. The van der Waals surface area contributed by atoms with E-state index < -0.39 is 17.6 Å². The minimum atomic E-state index is -4.47. The molecule has 1 aliphatic carbocycles. The van der Waals surface area contributed by atoms with Crippen molar-refractivity contribution >= 4 is 29.3 Å². The van der Waals surface area contributed by atoms with Crippen LogP contribution in [0, 0.1) is 5.92 Å². The number of hydrogen-bond acceptors (Lipinski definition) is 3. The lowest BCUT2D eigenvalue weighted by Gasteiger charge is -2.43. The van der Waals surface area contributed by atoms with Gasteiger partial charge >= 0.3 is 6.18 Å². The van der Waals surface area contributed by atoms with Crippen molar-refractivity contribution < 1.29 is 22.8 Å². The van der Waals surface area contributed by atoms with Crippen LogP contribution in [-0.4, -0.2) is 29.3 Å². The third-order valence-corrected chi connectivity index (χ3v) is 6.88. The quantitative estimate of drug-likeness (QED) is 0.676. The number of nitrogens with one attached hydrogen (secondary N) is 1. The van der Waals surface area contributed by atoms with Crippen molar-refractivity contribution in [2.45, 2.75) is 55.6 Å². The Morgan fingerprint density at radius 3 is 2.71 bits per heavy atom. The zero-order chi connectivity index (χ0) is 19.9. The molecular formula is C20H21F3N2O2S. The maximum absolute atomic E-state index is 12.9. The average Bonchev–Trinajstić information content (AvgIpc) is 2.67. The molecule has 1 aromatic carbocycles. The predicted molar refractivity (Wildman–Crippen MR) is 101 cm³/mol. The third kappa shape index (κ3) is 3.79. The molecule has 3 aliphatic rings. The largest absolute Gasteiger partial charge is 0.416 e. The van der Waals surface area contributed by atoms with Crippen molar-refractivity contribution in [3.8, 4) is 0 Å². The fourth-order valence-electron chi connectivity index (χ4n) is 4.43. The van der Waals surface area contributed by atoms with Crippen LogP contribution in [0.3, 0.4) is 0 Å². The lowest BCUT2D eigenvalue weighted by atomic mass is 9.78. The number of amides is 2. The number of thioether (sulfide) groups is 1. The second-order valence-corrected chi connectivity index (χ2v) is 8.64. The highest BCUT2D eigenvalue weighted by Gasteiger charge is 2.36. The van der Waals surface area contributed by atoms with E-state index in [1.807, 2.05) is 4.90 Å². The molecule has 2 unspecified atom stereocenters. The fourth-order valence-corrected chi connectivity index (χ4v) is 5.33. The van der Waals surface area contributed by atoms with Gasteiger partial charge < -0.3 is 10.2 Å². The minimum absolute atomic E-state index is 0.125. The molecule has 4 rings (SSSR count). The van der Waals surface area contributed by atoms with Crippen LogP contribution in [0.2, 0.25) is 0 Å². The highest BCUT2D eigenvalue weighted by molar-refractivity contribution is 8.04. The highest BCUT2D eigenvalue weighted by atomic mass is 32.2. The number of rotatable bonds is 1. The predicted octanol–water partition coefficient (Wildman–Crippen LogP) is 4.81. The molecular weight excluding hydrogens is 389 g/mol. The van der Waals surface area contributed by atoms with E-state index in [1.54, 1.807) is 0 Å². The van der Waals surface area contributed by atoms with Crippen molar-refractivity contribution in [3.05, 3.63) is 34.7 Å². The molecule has 1 saturated heterocycles. The van der Waals surface area contributed by atoms with Gasteiger partial charge in [0.2, 0.25) is 5.91 Å². The van der Waals surface area contributed by atoms with E-state index in [4.69, 9.17) is 0 Å². The van der Waals surface area contributed by atoms with E-state index in [0.29, 0.717) is 17.4 Å². The highest BCUT2D eigenvalue weighted by Crippen LogP contribution is 2.42. The summed E-state index contributed by atoms with van der Waals surface area (Å²) < 4.78 is 38.6. The van der Waals surface area contributed by atoms with E-state index in [-0.39, 0.29) is 22.5 Å². The Morgan fingerprint density at radius 1 is 1.18 bits per heavy atom. The molecule has 28 heavy (non-hydrogen) atoms. The Morgan fingerprint density at radius 2 is 1.93 bits per heavy atom. The number of likely N-dealkylation sites (tertiary alicyclic amines) is 1. The zero-order valence-corrected chi connectivity index (χ0v) is 16.0. The minimum Gasteiger partial charge on any atom is -0.336 e.